The van der Waals surface area contributed by atoms with Crippen molar-refractivity contribution in [2.75, 3.05) is 44.7 Å². The molecule has 2 aliphatic rings. The van der Waals surface area contributed by atoms with Gasteiger partial charge in [-0.3, -0.25) is 19.8 Å². The van der Waals surface area contributed by atoms with Crippen molar-refractivity contribution in [3.8, 4) is 6.07 Å². The number of nitrogens with one attached hydrogen (secondary N) is 2. The summed E-state index contributed by atoms with van der Waals surface area (Å²) in [5.74, 6) is 0. The van der Waals surface area contributed by atoms with E-state index in [-0.39, 0.29) is 0 Å². The van der Waals surface area contributed by atoms with Crippen molar-refractivity contribution in [1.29, 1.82) is 5.26 Å². The summed E-state index contributed by atoms with van der Waals surface area (Å²) >= 11 is 0. The van der Waals surface area contributed by atoms with Gasteiger partial charge in [0.05, 0.1) is 30.2 Å². The molecular formula is C32H35N7O. The molecule has 0 unspecified atom stereocenters. The SMILES string of the molecule is Cc1c(Nc2c(C#N)cncc2/C=C/c2ccc(CN3CCC(N4CCOCC4)CC3)cn2)ccc2[nH]ccc12. The fourth-order valence-electron chi connectivity index (χ4n) is 5.83. The van der Waals surface area contributed by atoms with Crippen LogP contribution < -0.4 is 5.32 Å². The lowest BCUT2D eigenvalue weighted by atomic mass is 10.0. The van der Waals surface area contributed by atoms with Crippen LogP contribution in [0.15, 0.2) is 55.1 Å². The minimum absolute atomic E-state index is 0.497. The van der Waals surface area contributed by atoms with Crippen LogP contribution in [0.1, 0.15) is 40.8 Å². The van der Waals surface area contributed by atoms with Crippen molar-refractivity contribution in [3.63, 3.8) is 0 Å². The second-order valence-corrected chi connectivity index (χ2v) is 10.6. The number of hydrogen-bond donors (Lipinski definition) is 2. The molecule has 0 saturated carbocycles. The van der Waals surface area contributed by atoms with Gasteiger partial charge in [-0.05, 0) is 80.4 Å². The van der Waals surface area contributed by atoms with E-state index in [0.717, 1.165) is 85.0 Å². The first-order valence-electron chi connectivity index (χ1n) is 14.1. The topological polar surface area (TPSA) is 93.1 Å². The predicted molar refractivity (Wildman–Crippen MR) is 159 cm³/mol. The highest BCUT2D eigenvalue weighted by atomic mass is 16.5. The third-order valence-electron chi connectivity index (χ3n) is 8.17. The Bertz CT molecular complexity index is 1520. The monoisotopic (exact) mass is 533 g/mol. The van der Waals surface area contributed by atoms with Crippen LogP contribution in [0.25, 0.3) is 23.1 Å². The first-order chi connectivity index (χ1) is 19.7. The van der Waals surface area contributed by atoms with Gasteiger partial charge in [-0.25, -0.2) is 0 Å². The van der Waals surface area contributed by atoms with Gasteiger partial charge in [0.1, 0.15) is 6.07 Å². The van der Waals surface area contributed by atoms with E-state index in [9.17, 15) is 5.26 Å². The minimum atomic E-state index is 0.497. The fourth-order valence-corrected chi connectivity index (χ4v) is 5.83. The van der Waals surface area contributed by atoms with Crippen LogP contribution in [0.5, 0.6) is 0 Å². The normalized spacial score (nSPS) is 17.4. The number of nitrogens with zero attached hydrogens (tertiary/aromatic N) is 5. The van der Waals surface area contributed by atoms with Gasteiger partial charge in [0, 0.05) is 72.6 Å². The first-order valence-corrected chi connectivity index (χ1v) is 14.1. The Hall–Kier alpha value is -4.03. The van der Waals surface area contributed by atoms with Gasteiger partial charge < -0.3 is 15.0 Å². The number of H-pyrrole nitrogens is 1. The number of rotatable bonds is 7. The van der Waals surface area contributed by atoms with Gasteiger partial charge in [-0.1, -0.05) is 6.07 Å². The van der Waals surface area contributed by atoms with Gasteiger partial charge in [-0.15, -0.1) is 0 Å². The van der Waals surface area contributed by atoms with E-state index < -0.39 is 0 Å². The van der Waals surface area contributed by atoms with E-state index in [1.807, 2.05) is 36.7 Å². The van der Waals surface area contributed by atoms with Crippen molar-refractivity contribution >= 4 is 34.4 Å². The van der Waals surface area contributed by atoms with Crippen LogP contribution in [0.3, 0.4) is 0 Å². The number of fused-ring (bicyclic) bond motifs is 1. The zero-order chi connectivity index (χ0) is 27.3. The third kappa shape index (κ3) is 5.77. The molecule has 3 aromatic heterocycles. The smallest absolute Gasteiger partial charge is 0.103 e. The number of hydrogen-bond acceptors (Lipinski definition) is 7. The summed E-state index contributed by atoms with van der Waals surface area (Å²) in [6.07, 6.45) is 13.7. The molecule has 0 aliphatic carbocycles. The Kier molecular flexibility index (Phi) is 7.87. The Morgan fingerprint density at radius 1 is 1.05 bits per heavy atom. The van der Waals surface area contributed by atoms with E-state index >= 15 is 0 Å². The van der Waals surface area contributed by atoms with Crippen LogP contribution in [-0.4, -0.2) is 70.2 Å². The van der Waals surface area contributed by atoms with Gasteiger partial charge >= 0.3 is 0 Å². The van der Waals surface area contributed by atoms with Crippen molar-refractivity contribution in [1.82, 2.24) is 24.8 Å². The molecule has 0 atom stereocenters. The standard InChI is InChI=1S/C32H35N7O/c1-23-29-8-11-35-31(29)7-6-30(23)37-32-25(20-34-21-26(32)18-33)3-5-27-4-2-24(19-36-27)22-38-12-9-28(10-13-38)39-14-16-40-17-15-39/h2-8,11,19-21,28,35H,9-10,12-17,22H2,1H3,(H,34,37)/b5-3+. The molecule has 6 rings (SSSR count). The summed E-state index contributed by atoms with van der Waals surface area (Å²) in [4.78, 5) is 17.4. The molecule has 8 nitrogen and oxygen atoms in total. The molecule has 1 aromatic carbocycles. The average Bonchev–Trinajstić information content (AvgIpc) is 3.49. The van der Waals surface area contributed by atoms with Gasteiger partial charge in [0.25, 0.3) is 0 Å². The summed E-state index contributed by atoms with van der Waals surface area (Å²) in [6.45, 7) is 9.14. The first kappa shape index (κ1) is 26.2. The molecule has 0 bridgehead atoms. The molecule has 5 heterocycles. The van der Waals surface area contributed by atoms with Crippen LogP contribution >= 0.6 is 0 Å². The molecule has 0 radical (unpaired) electrons. The largest absolute Gasteiger partial charge is 0.379 e. The number of benzene rings is 1. The summed E-state index contributed by atoms with van der Waals surface area (Å²) in [6, 6.07) is 13.4. The molecule has 2 saturated heterocycles. The van der Waals surface area contributed by atoms with Crippen molar-refractivity contribution in [2.45, 2.75) is 32.4 Å². The molecule has 40 heavy (non-hydrogen) atoms. The van der Waals surface area contributed by atoms with Crippen LogP contribution in [0, 0.1) is 18.3 Å². The maximum Gasteiger partial charge on any atom is 0.103 e. The van der Waals surface area contributed by atoms with Crippen molar-refractivity contribution < 1.29 is 4.74 Å². The molecule has 4 aromatic rings. The molecule has 2 aliphatic heterocycles. The number of aryl methyl sites for hydroxylation is 1. The predicted octanol–water partition coefficient (Wildman–Crippen LogP) is 5.35. The number of pyridine rings is 2. The second-order valence-electron chi connectivity index (χ2n) is 10.6. The van der Waals surface area contributed by atoms with E-state index in [0.29, 0.717) is 11.6 Å². The van der Waals surface area contributed by atoms with E-state index in [2.05, 4.69) is 56.3 Å². The third-order valence-corrected chi connectivity index (χ3v) is 8.17. The summed E-state index contributed by atoms with van der Waals surface area (Å²) < 4.78 is 5.51. The molecule has 0 amide bonds. The molecule has 204 valence electrons. The van der Waals surface area contributed by atoms with Crippen LogP contribution in [0.2, 0.25) is 0 Å². The molecule has 2 fully saturated rings. The number of nitriles is 1. The number of anilines is 2. The average molecular weight is 534 g/mol. The Labute approximate surface area is 235 Å². The van der Waals surface area contributed by atoms with E-state index in [1.54, 1.807) is 12.4 Å². The summed E-state index contributed by atoms with van der Waals surface area (Å²) in [7, 11) is 0. The lowest BCUT2D eigenvalue weighted by Gasteiger charge is -2.40. The Morgan fingerprint density at radius 3 is 2.67 bits per heavy atom. The van der Waals surface area contributed by atoms with E-state index in [4.69, 9.17) is 9.72 Å². The number of aromatic amines is 1. The van der Waals surface area contributed by atoms with Crippen molar-refractivity contribution in [2.24, 2.45) is 0 Å². The number of piperidine rings is 1. The van der Waals surface area contributed by atoms with Gasteiger partial charge in [0.15, 0.2) is 0 Å². The minimum Gasteiger partial charge on any atom is -0.379 e. The van der Waals surface area contributed by atoms with Gasteiger partial charge in [-0.2, -0.15) is 5.26 Å². The molecule has 8 heteroatoms. The van der Waals surface area contributed by atoms with Crippen molar-refractivity contribution in [3.05, 3.63) is 83.1 Å². The van der Waals surface area contributed by atoms with Crippen LogP contribution in [-0.2, 0) is 11.3 Å². The lowest BCUT2D eigenvalue weighted by Crippen LogP contribution is -2.48. The number of likely N-dealkylation sites (tertiary alicyclic amines) is 1. The number of ether oxygens (including phenoxy) is 1. The lowest BCUT2D eigenvalue weighted by molar-refractivity contribution is 0.000223. The molecule has 0 spiro atoms. The highest BCUT2D eigenvalue weighted by Gasteiger charge is 2.25. The number of aromatic nitrogens is 3. The number of morpholine rings is 1. The molecular weight excluding hydrogens is 498 g/mol. The zero-order valence-electron chi connectivity index (χ0n) is 22.9. The highest BCUT2D eigenvalue weighted by molar-refractivity contribution is 5.90. The maximum absolute atomic E-state index is 9.78. The van der Waals surface area contributed by atoms with Crippen LogP contribution in [0.4, 0.5) is 11.4 Å². The Balaban J connectivity index is 1.11. The summed E-state index contributed by atoms with van der Waals surface area (Å²) in [5, 5.41) is 14.4. The Morgan fingerprint density at radius 2 is 1.90 bits per heavy atom. The maximum atomic E-state index is 9.78. The fraction of sp³-hybridized carbons (Fsp3) is 0.344. The molecule has 2 N–H and O–H groups in total. The van der Waals surface area contributed by atoms with E-state index in [1.165, 1.54) is 18.4 Å². The second kappa shape index (κ2) is 12.0. The quantitative estimate of drug-likeness (QED) is 0.331. The zero-order valence-corrected chi connectivity index (χ0v) is 22.9. The van der Waals surface area contributed by atoms with Gasteiger partial charge in [0.2, 0.25) is 0 Å². The highest BCUT2D eigenvalue weighted by Crippen LogP contribution is 2.31. The summed E-state index contributed by atoms with van der Waals surface area (Å²) in [5.41, 5.74) is 7.34.